The molecule has 2 fully saturated rings. The van der Waals surface area contributed by atoms with E-state index in [4.69, 9.17) is 0 Å². The standard InChI is InChI=1S/C15H17NO2/c17-14(11-5-2-1-3-6-11)13-7-4-10-16(13)15(18)12-8-9-12/h1-3,5-6,12-13H,4,7-10H2. The highest BCUT2D eigenvalue weighted by Gasteiger charge is 2.40. The molecule has 0 spiro atoms. The maximum Gasteiger partial charge on any atom is 0.226 e. The Morgan fingerprint density at radius 3 is 2.44 bits per heavy atom. The van der Waals surface area contributed by atoms with Crippen molar-refractivity contribution in [1.82, 2.24) is 4.90 Å². The van der Waals surface area contributed by atoms with Gasteiger partial charge in [0.05, 0.1) is 6.04 Å². The molecule has 0 radical (unpaired) electrons. The largest absolute Gasteiger partial charge is 0.332 e. The Balaban J connectivity index is 1.78. The molecule has 1 heterocycles. The third-order valence-corrected chi connectivity index (χ3v) is 3.82. The van der Waals surface area contributed by atoms with E-state index in [9.17, 15) is 9.59 Å². The molecule has 0 aromatic heterocycles. The van der Waals surface area contributed by atoms with Crippen LogP contribution in [0.1, 0.15) is 36.0 Å². The molecule has 0 bridgehead atoms. The molecule has 1 saturated carbocycles. The second-order valence-corrected chi connectivity index (χ2v) is 5.19. The van der Waals surface area contributed by atoms with Gasteiger partial charge in [-0.3, -0.25) is 9.59 Å². The number of carbonyl (C=O) groups is 2. The lowest BCUT2D eigenvalue weighted by atomic mass is 10.0. The van der Waals surface area contributed by atoms with Gasteiger partial charge in [0, 0.05) is 18.0 Å². The van der Waals surface area contributed by atoms with Crippen molar-refractivity contribution < 1.29 is 9.59 Å². The van der Waals surface area contributed by atoms with Crippen LogP contribution in [0.15, 0.2) is 30.3 Å². The van der Waals surface area contributed by atoms with Gasteiger partial charge >= 0.3 is 0 Å². The fraction of sp³-hybridized carbons (Fsp3) is 0.467. The maximum atomic E-state index is 12.4. The first kappa shape index (κ1) is 11.5. The molecular weight excluding hydrogens is 226 g/mol. The van der Waals surface area contributed by atoms with E-state index in [0.29, 0.717) is 0 Å². The van der Waals surface area contributed by atoms with E-state index in [1.165, 1.54) is 0 Å². The molecule has 1 aliphatic carbocycles. The summed E-state index contributed by atoms with van der Waals surface area (Å²) in [5.74, 6) is 0.498. The first-order valence-corrected chi connectivity index (χ1v) is 6.67. The van der Waals surface area contributed by atoms with Gasteiger partial charge in [0.15, 0.2) is 5.78 Å². The summed E-state index contributed by atoms with van der Waals surface area (Å²) in [5.41, 5.74) is 0.720. The molecule has 1 aliphatic heterocycles. The quantitative estimate of drug-likeness (QED) is 0.764. The van der Waals surface area contributed by atoms with Crippen molar-refractivity contribution >= 4 is 11.7 Å². The number of hydrogen-bond acceptors (Lipinski definition) is 2. The minimum atomic E-state index is -0.222. The highest BCUT2D eigenvalue weighted by Crippen LogP contribution is 2.34. The molecule has 3 nitrogen and oxygen atoms in total. The Hall–Kier alpha value is -1.64. The van der Waals surface area contributed by atoms with E-state index in [2.05, 4.69) is 0 Å². The molecule has 1 saturated heterocycles. The number of hydrogen-bond donors (Lipinski definition) is 0. The first-order valence-electron chi connectivity index (χ1n) is 6.67. The molecule has 94 valence electrons. The normalized spacial score (nSPS) is 23.1. The topological polar surface area (TPSA) is 37.4 Å². The molecule has 3 rings (SSSR count). The minimum Gasteiger partial charge on any atom is -0.332 e. The van der Waals surface area contributed by atoms with Crippen LogP contribution >= 0.6 is 0 Å². The van der Waals surface area contributed by atoms with Crippen molar-refractivity contribution in [3.8, 4) is 0 Å². The van der Waals surface area contributed by atoms with Gasteiger partial charge in [0.25, 0.3) is 0 Å². The zero-order valence-electron chi connectivity index (χ0n) is 10.3. The Morgan fingerprint density at radius 1 is 1.06 bits per heavy atom. The van der Waals surface area contributed by atoms with Gasteiger partial charge in [-0.25, -0.2) is 0 Å². The van der Waals surface area contributed by atoms with E-state index in [1.54, 1.807) is 0 Å². The third-order valence-electron chi connectivity index (χ3n) is 3.82. The number of nitrogens with zero attached hydrogens (tertiary/aromatic N) is 1. The smallest absolute Gasteiger partial charge is 0.226 e. The fourth-order valence-electron chi connectivity index (χ4n) is 2.66. The molecule has 0 N–H and O–H groups in total. The van der Waals surface area contributed by atoms with Crippen LogP contribution in [-0.4, -0.2) is 29.2 Å². The second-order valence-electron chi connectivity index (χ2n) is 5.19. The second kappa shape index (κ2) is 4.56. The predicted molar refractivity (Wildman–Crippen MR) is 68.2 cm³/mol. The van der Waals surface area contributed by atoms with Gasteiger partial charge in [-0.1, -0.05) is 30.3 Å². The number of ketones is 1. The zero-order chi connectivity index (χ0) is 12.5. The van der Waals surface area contributed by atoms with Gasteiger partial charge in [-0.05, 0) is 25.7 Å². The Bertz CT molecular complexity index is 465. The SMILES string of the molecule is O=C(c1ccccc1)C1CCCN1C(=O)C1CC1. The molecule has 1 aromatic rings. The number of likely N-dealkylation sites (tertiary alicyclic amines) is 1. The fourth-order valence-corrected chi connectivity index (χ4v) is 2.66. The molecule has 1 atom stereocenters. The minimum absolute atomic E-state index is 0.0992. The Morgan fingerprint density at radius 2 is 1.78 bits per heavy atom. The van der Waals surface area contributed by atoms with Gasteiger partial charge in [-0.15, -0.1) is 0 Å². The van der Waals surface area contributed by atoms with Crippen molar-refractivity contribution in [2.45, 2.75) is 31.7 Å². The number of Topliss-reactive ketones (excluding diaryl/α,β-unsaturated/α-hetero) is 1. The summed E-state index contributed by atoms with van der Waals surface area (Å²) in [4.78, 5) is 26.4. The maximum absolute atomic E-state index is 12.4. The summed E-state index contributed by atoms with van der Waals surface area (Å²) in [7, 11) is 0. The summed E-state index contributed by atoms with van der Waals surface area (Å²) >= 11 is 0. The summed E-state index contributed by atoms with van der Waals surface area (Å²) in [6.45, 7) is 0.749. The van der Waals surface area contributed by atoms with Crippen molar-refractivity contribution in [3.05, 3.63) is 35.9 Å². The van der Waals surface area contributed by atoms with Crippen LogP contribution in [0.5, 0.6) is 0 Å². The van der Waals surface area contributed by atoms with E-state index < -0.39 is 0 Å². The lowest BCUT2D eigenvalue weighted by Crippen LogP contribution is -2.41. The van der Waals surface area contributed by atoms with Crippen LogP contribution in [0.4, 0.5) is 0 Å². The van der Waals surface area contributed by atoms with Crippen molar-refractivity contribution in [2.24, 2.45) is 5.92 Å². The van der Waals surface area contributed by atoms with Gasteiger partial charge in [-0.2, -0.15) is 0 Å². The molecule has 18 heavy (non-hydrogen) atoms. The van der Waals surface area contributed by atoms with Crippen molar-refractivity contribution in [2.75, 3.05) is 6.54 Å². The van der Waals surface area contributed by atoms with Crippen molar-refractivity contribution in [1.29, 1.82) is 0 Å². The van der Waals surface area contributed by atoms with Crippen LogP contribution in [0, 0.1) is 5.92 Å². The molecular formula is C15H17NO2. The van der Waals surface area contributed by atoms with Crippen LogP contribution in [0.25, 0.3) is 0 Å². The Labute approximate surface area is 107 Å². The molecule has 1 aromatic carbocycles. The van der Waals surface area contributed by atoms with Crippen LogP contribution in [0.3, 0.4) is 0 Å². The van der Waals surface area contributed by atoms with Gasteiger partial charge in [0.1, 0.15) is 0 Å². The predicted octanol–water partition coefficient (Wildman–Crippen LogP) is 2.27. The summed E-state index contributed by atoms with van der Waals surface area (Å²) in [6.07, 6.45) is 3.76. The van der Waals surface area contributed by atoms with E-state index in [1.807, 2.05) is 35.2 Å². The van der Waals surface area contributed by atoms with Crippen molar-refractivity contribution in [3.63, 3.8) is 0 Å². The zero-order valence-corrected chi connectivity index (χ0v) is 10.3. The van der Waals surface area contributed by atoms with E-state index in [-0.39, 0.29) is 23.7 Å². The summed E-state index contributed by atoms with van der Waals surface area (Å²) < 4.78 is 0. The molecule has 1 unspecified atom stereocenters. The summed E-state index contributed by atoms with van der Waals surface area (Å²) in [5, 5.41) is 0. The monoisotopic (exact) mass is 243 g/mol. The number of carbonyl (C=O) groups excluding carboxylic acids is 2. The van der Waals surface area contributed by atoms with Crippen LogP contribution in [-0.2, 0) is 4.79 Å². The lowest BCUT2D eigenvalue weighted by Gasteiger charge is -2.23. The average Bonchev–Trinajstić information content (AvgIpc) is 3.15. The highest BCUT2D eigenvalue weighted by molar-refractivity contribution is 6.02. The molecule has 2 aliphatic rings. The van der Waals surface area contributed by atoms with E-state index in [0.717, 1.165) is 37.8 Å². The Kier molecular flexibility index (Phi) is 2.90. The first-order chi connectivity index (χ1) is 8.77. The van der Waals surface area contributed by atoms with E-state index >= 15 is 0 Å². The summed E-state index contributed by atoms with van der Waals surface area (Å²) in [6, 6.07) is 9.09. The third kappa shape index (κ3) is 2.05. The number of amides is 1. The molecule has 3 heteroatoms. The van der Waals surface area contributed by atoms with Gasteiger partial charge in [0.2, 0.25) is 5.91 Å². The molecule has 1 amide bonds. The highest BCUT2D eigenvalue weighted by atomic mass is 16.2. The van der Waals surface area contributed by atoms with Crippen LogP contribution < -0.4 is 0 Å². The number of rotatable bonds is 3. The van der Waals surface area contributed by atoms with Gasteiger partial charge < -0.3 is 4.90 Å². The number of benzene rings is 1. The lowest BCUT2D eigenvalue weighted by molar-refractivity contribution is -0.132. The average molecular weight is 243 g/mol. The van der Waals surface area contributed by atoms with Crippen LogP contribution in [0.2, 0.25) is 0 Å².